The highest BCUT2D eigenvalue weighted by atomic mass is 32.2. The van der Waals surface area contributed by atoms with Crippen molar-refractivity contribution in [3.63, 3.8) is 0 Å². The Morgan fingerprint density at radius 2 is 2.00 bits per heavy atom. The van der Waals surface area contributed by atoms with Crippen molar-refractivity contribution in [3.8, 4) is 0 Å². The second kappa shape index (κ2) is 8.52. The van der Waals surface area contributed by atoms with Crippen molar-refractivity contribution < 1.29 is 13.6 Å². The number of thioether (sulfide) groups is 1. The highest BCUT2D eigenvalue weighted by Crippen LogP contribution is 2.23. The maximum atomic E-state index is 13.7. The second-order valence-electron chi connectivity index (χ2n) is 6.30. The van der Waals surface area contributed by atoms with Gasteiger partial charge in [-0.3, -0.25) is 14.2 Å². The second-order valence-corrected chi connectivity index (χ2v) is 7.25. The van der Waals surface area contributed by atoms with Crippen LogP contribution in [0.25, 0.3) is 10.9 Å². The summed E-state index contributed by atoms with van der Waals surface area (Å²) in [6, 6.07) is 9.77. The molecule has 0 saturated heterocycles. The number of fused-ring (bicyclic) bond motifs is 1. The number of rotatable bonds is 6. The lowest BCUT2D eigenvalue weighted by molar-refractivity contribution is -0.113. The van der Waals surface area contributed by atoms with E-state index in [0.717, 1.165) is 30.0 Å². The zero-order valence-electron chi connectivity index (χ0n) is 15.4. The Balaban J connectivity index is 1.86. The van der Waals surface area contributed by atoms with Crippen LogP contribution in [0.15, 0.2) is 52.4 Å². The van der Waals surface area contributed by atoms with Gasteiger partial charge in [-0.1, -0.05) is 30.8 Å². The summed E-state index contributed by atoms with van der Waals surface area (Å²) in [5, 5.41) is 3.27. The van der Waals surface area contributed by atoms with Crippen LogP contribution in [-0.2, 0) is 4.79 Å². The van der Waals surface area contributed by atoms with Crippen LogP contribution in [0.5, 0.6) is 0 Å². The van der Waals surface area contributed by atoms with Gasteiger partial charge in [0.1, 0.15) is 11.6 Å². The summed E-state index contributed by atoms with van der Waals surface area (Å²) < 4.78 is 28.5. The van der Waals surface area contributed by atoms with Gasteiger partial charge in [0.15, 0.2) is 5.16 Å². The van der Waals surface area contributed by atoms with Crippen LogP contribution in [-0.4, -0.2) is 21.2 Å². The number of anilines is 1. The number of nitrogens with one attached hydrogen (secondary N) is 1. The van der Waals surface area contributed by atoms with Crippen LogP contribution in [0.3, 0.4) is 0 Å². The van der Waals surface area contributed by atoms with E-state index in [1.165, 1.54) is 0 Å². The summed E-state index contributed by atoms with van der Waals surface area (Å²) in [4.78, 5) is 29.6. The normalized spacial score (nSPS) is 12.1. The van der Waals surface area contributed by atoms with Gasteiger partial charge < -0.3 is 5.32 Å². The third kappa shape index (κ3) is 4.22. The molecule has 1 atom stereocenters. The monoisotopic (exact) mass is 403 g/mol. The number of carbonyl (C=O) groups excluding carboxylic acids is 1. The molecule has 0 aliphatic rings. The van der Waals surface area contributed by atoms with Gasteiger partial charge >= 0.3 is 0 Å². The predicted octanol–water partition coefficient (Wildman–Crippen LogP) is 4.38. The number of halogens is 2. The van der Waals surface area contributed by atoms with Gasteiger partial charge in [0.25, 0.3) is 5.56 Å². The molecule has 1 amide bonds. The molecule has 28 heavy (non-hydrogen) atoms. The first-order chi connectivity index (χ1) is 13.4. The SMILES string of the molecule is CC[C@H](C)n1c(SCC(=O)Nc2cc(F)ccc2F)nc2ccccc2c1=O. The number of hydrogen-bond donors (Lipinski definition) is 1. The van der Waals surface area contributed by atoms with Gasteiger partial charge in [0, 0.05) is 12.1 Å². The van der Waals surface area contributed by atoms with E-state index < -0.39 is 17.5 Å². The van der Waals surface area contributed by atoms with Crippen molar-refractivity contribution >= 4 is 34.3 Å². The average molecular weight is 403 g/mol. The number of amides is 1. The topological polar surface area (TPSA) is 64.0 Å². The van der Waals surface area contributed by atoms with E-state index in [-0.39, 0.29) is 23.0 Å². The minimum Gasteiger partial charge on any atom is -0.323 e. The smallest absolute Gasteiger partial charge is 0.262 e. The summed E-state index contributed by atoms with van der Waals surface area (Å²) in [5.74, 6) is -1.99. The molecule has 146 valence electrons. The predicted molar refractivity (Wildman–Crippen MR) is 107 cm³/mol. The molecule has 1 heterocycles. The van der Waals surface area contributed by atoms with Crippen LogP contribution >= 0.6 is 11.8 Å². The first-order valence-corrected chi connectivity index (χ1v) is 9.78. The van der Waals surface area contributed by atoms with E-state index in [2.05, 4.69) is 10.3 Å². The lowest BCUT2D eigenvalue weighted by atomic mass is 10.2. The number of aromatic nitrogens is 2. The summed E-state index contributed by atoms with van der Waals surface area (Å²) in [6.07, 6.45) is 0.716. The van der Waals surface area contributed by atoms with Crippen LogP contribution in [0.2, 0.25) is 0 Å². The molecule has 0 spiro atoms. The maximum Gasteiger partial charge on any atom is 0.262 e. The van der Waals surface area contributed by atoms with Gasteiger partial charge in [-0.15, -0.1) is 0 Å². The Morgan fingerprint density at radius 3 is 2.75 bits per heavy atom. The van der Waals surface area contributed by atoms with Gasteiger partial charge in [-0.05, 0) is 37.6 Å². The van der Waals surface area contributed by atoms with Gasteiger partial charge in [0.2, 0.25) is 5.91 Å². The van der Waals surface area contributed by atoms with Crippen LogP contribution in [0.1, 0.15) is 26.3 Å². The molecular weight excluding hydrogens is 384 g/mol. The molecule has 3 aromatic rings. The molecule has 0 fully saturated rings. The first-order valence-electron chi connectivity index (χ1n) is 8.79. The molecule has 0 aliphatic heterocycles. The van der Waals surface area contributed by atoms with Crippen molar-refractivity contribution in [3.05, 3.63) is 64.5 Å². The van der Waals surface area contributed by atoms with Crippen LogP contribution in [0.4, 0.5) is 14.5 Å². The third-order valence-corrected chi connectivity index (χ3v) is 5.29. The molecule has 0 unspecified atom stereocenters. The summed E-state index contributed by atoms with van der Waals surface area (Å²) in [6.45, 7) is 3.87. The zero-order chi connectivity index (χ0) is 20.3. The highest BCUT2D eigenvalue weighted by molar-refractivity contribution is 7.99. The molecule has 0 bridgehead atoms. The fourth-order valence-corrected chi connectivity index (χ4v) is 3.61. The third-order valence-electron chi connectivity index (χ3n) is 4.34. The Labute approximate surface area is 164 Å². The molecule has 3 rings (SSSR count). The van der Waals surface area contributed by atoms with E-state index in [9.17, 15) is 18.4 Å². The average Bonchev–Trinajstić information content (AvgIpc) is 2.69. The lowest BCUT2D eigenvalue weighted by Gasteiger charge is -2.18. The van der Waals surface area contributed by atoms with Gasteiger partial charge in [0.05, 0.1) is 22.3 Å². The van der Waals surface area contributed by atoms with Crippen molar-refractivity contribution in [2.45, 2.75) is 31.5 Å². The van der Waals surface area contributed by atoms with Gasteiger partial charge in [-0.2, -0.15) is 0 Å². The zero-order valence-corrected chi connectivity index (χ0v) is 16.2. The Bertz CT molecular complexity index is 1080. The molecule has 1 aromatic heterocycles. The number of carbonyl (C=O) groups is 1. The fraction of sp³-hybridized carbons (Fsp3) is 0.250. The molecular formula is C20H19F2N3O2S. The Kier molecular flexibility index (Phi) is 6.08. The standard InChI is InChI=1S/C20H19F2N3O2S/c1-3-12(2)25-19(27)14-6-4-5-7-16(14)24-20(25)28-11-18(26)23-17-10-13(21)8-9-15(17)22/h4-10,12H,3,11H2,1-2H3,(H,23,26)/t12-/m0/s1. The van der Waals surface area contributed by atoms with E-state index in [4.69, 9.17) is 0 Å². The summed E-state index contributed by atoms with van der Waals surface area (Å²) in [7, 11) is 0. The van der Waals surface area contributed by atoms with E-state index in [1.807, 2.05) is 13.8 Å². The molecule has 2 aromatic carbocycles. The van der Waals surface area contributed by atoms with Crippen molar-refractivity contribution in [1.29, 1.82) is 0 Å². The highest BCUT2D eigenvalue weighted by Gasteiger charge is 2.17. The van der Waals surface area contributed by atoms with E-state index >= 15 is 0 Å². The molecule has 0 radical (unpaired) electrons. The molecule has 5 nitrogen and oxygen atoms in total. The van der Waals surface area contributed by atoms with Crippen LogP contribution < -0.4 is 10.9 Å². The molecule has 8 heteroatoms. The van der Waals surface area contributed by atoms with Crippen molar-refractivity contribution in [2.75, 3.05) is 11.1 Å². The van der Waals surface area contributed by atoms with Crippen LogP contribution in [0, 0.1) is 11.6 Å². The minimum absolute atomic E-state index is 0.100. The quantitative estimate of drug-likeness (QED) is 0.490. The van der Waals surface area contributed by atoms with Crippen molar-refractivity contribution in [2.24, 2.45) is 0 Å². The maximum absolute atomic E-state index is 13.7. The largest absolute Gasteiger partial charge is 0.323 e. The first kappa shape index (κ1) is 20.0. The molecule has 1 N–H and O–H groups in total. The molecule has 0 saturated carbocycles. The van der Waals surface area contributed by atoms with Gasteiger partial charge in [-0.25, -0.2) is 13.8 Å². The fourth-order valence-electron chi connectivity index (χ4n) is 2.71. The number of benzene rings is 2. The lowest BCUT2D eigenvalue weighted by Crippen LogP contribution is -2.26. The van der Waals surface area contributed by atoms with E-state index in [0.29, 0.717) is 22.5 Å². The Morgan fingerprint density at radius 1 is 1.25 bits per heavy atom. The van der Waals surface area contributed by atoms with E-state index in [1.54, 1.807) is 28.8 Å². The number of hydrogen-bond acceptors (Lipinski definition) is 4. The number of nitrogens with zero attached hydrogens (tertiary/aromatic N) is 2. The summed E-state index contributed by atoms with van der Waals surface area (Å²) in [5.41, 5.74) is 0.154. The minimum atomic E-state index is -0.722. The van der Waals surface area contributed by atoms with Crippen molar-refractivity contribution in [1.82, 2.24) is 9.55 Å². The summed E-state index contributed by atoms with van der Waals surface area (Å²) >= 11 is 1.08. The Hall–Kier alpha value is -2.74. The number of para-hydroxylation sites is 1. The molecule has 0 aliphatic carbocycles.